The van der Waals surface area contributed by atoms with Gasteiger partial charge in [-0.25, -0.2) is 9.38 Å². The van der Waals surface area contributed by atoms with E-state index in [4.69, 9.17) is 28.2 Å². The van der Waals surface area contributed by atoms with Crippen LogP contribution in [0.15, 0.2) is 100 Å². The fourth-order valence-electron chi connectivity index (χ4n) is 4.95. The lowest BCUT2D eigenvalue weighted by molar-refractivity contribution is 0.458. The molecular weight excluding hydrogens is 498 g/mol. The molecule has 35 heavy (non-hydrogen) atoms. The largest absolute Gasteiger partial charge is 0.308 e. The van der Waals surface area contributed by atoms with Crippen molar-refractivity contribution in [2.45, 2.75) is 25.3 Å². The molecule has 2 aliphatic heterocycles. The number of benzene rings is 3. The van der Waals surface area contributed by atoms with Gasteiger partial charge in [0, 0.05) is 15.5 Å². The molecule has 6 rings (SSSR count). The zero-order valence-corrected chi connectivity index (χ0v) is 21.0. The Morgan fingerprint density at radius 3 is 2.29 bits per heavy atom. The summed E-state index contributed by atoms with van der Waals surface area (Å²) < 4.78 is 13.7. The van der Waals surface area contributed by atoms with E-state index in [0.29, 0.717) is 5.02 Å². The molecule has 0 radical (unpaired) electrons. The highest BCUT2D eigenvalue weighted by Gasteiger charge is 2.40. The molecule has 2 nitrogen and oxygen atoms in total. The van der Waals surface area contributed by atoms with Gasteiger partial charge in [0.05, 0.1) is 17.4 Å². The van der Waals surface area contributed by atoms with E-state index in [1.54, 1.807) is 11.8 Å². The summed E-state index contributed by atoms with van der Waals surface area (Å²) in [5, 5.41) is 4.50. The number of hydrogen-bond donors (Lipinski definition) is 0. The van der Waals surface area contributed by atoms with Crippen LogP contribution in [0.1, 0.15) is 42.0 Å². The summed E-state index contributed by atoms with van der Waals surface area (Å²) in [5.41, 5.74) is 7.92. The van der Waals surface area contributed by atoms with E-state index in [1.165, 1.54) is 23.3 Å². The van der Waals surface area contributed by atoms with Crippen molar-refractivity contribution in [2.24, 2.45) is 4.99 Å². The molecule has 0 bridgehead atoms. The van der Waals surface area contributed by atoms with Crippen LogP contribution in [0.4, 0.5) is 4.39 Å². The first kappa shape index (κ1) is 22.7. The number of halogens is 3. The van der Waals surface area contributed by atoms with Crippen LogP contribution in [0.2, 0.25) is 10.0 Å². The molecule has 1 unspecified atom stereocenters. The van der Waals surface area contributed by atoms with Crippen molar-refractivity contribution in [1.82, 2.24) is 4.90 Å². The van der Waals surface area contributed by atoms with Crippen molar-refractivity contribution >= 4 is 51.9 Å². The van der Waals surface area contributed by atoms with E-state index in [-0.39, 0.29) is 11.9 Å². The molecule has 3 aliphatic rings. The average molecular weight is 519 g/mol. The minimum Gasteiger partial charge on any atom is -0.308 e. The summed E-state index contributed by atoms with van der Waals surface area (Å²) >= 11 is 14.0. The van der Waals surface area contributed by atoms with Gasteiger partial charge in [0.2, 0.25) is 0 Å². The van der Waals surface area contributed by atoms with E-state index in [0.717, 1.165) is 57.5 Å². The van der Waals surface area contributed by atoms with Crippen molar-refractivity contribution in [2.75, 3.05) is 0 Å². The van der Waals surface area contributed by atoms with Crippen LogP contribution in [0.25, 0.3) is 11.8 Å². The first-order valence-corrected chi connectivity index (χ1v) is 13.2. The van der Waals surface area contributed by atoms with Crippen LogP contribution in [0.5, 0.6) is 0 Å². The number of rotatable bonds is 3. The third-order valence-electron chi connectivity index (χ3n) is 6.57. The lowest BCUT2D eigenvalue weighted by atomic mass is 9.83. The molecule has 3 aromatic rings. The lowest BCUT2D eigenvalue weighted by Crippen LogP contribution is -2.34. The molecule has 3 aromatic carbocycles. The third kappa shape index (κ3) is 4.35. The average Bonchev–Trinajstić information content (AvgIpc) is 3.29. The summed E-state index contributed by atoms with van der Waals surface area (Å²) in [4.78, 5) is 7.48. The number of amidine groups is 1. The zero-order valence-electron chi connectivity index (χ0n) is 18.7. The normalized spacial score (nSPS) is 20.5. The maximum Gasteiger partial charge on any atom is 0.174 e. The molecule has 0 fully saturated rings. The number of thioether (sulfide) groups is 1. The second-order valence-corrected chi connectivity index (χ2v) is 10.5. The fraction of sp³-hybridized carbons (Fsp3) is 0.138. The summed E-state index contributed by atoms with van der Waals surface area (Å²) in [6.45, 7) is 0. The molecule has 174 valence electrons. The highest BCUT2D eigenvalue weighted by Crippen LogP contribution is 2.51. The Balaban J connectivity index is 1.48. The van der Waals surface area contributed by atoms with Gasteiger partial charge in [-0.3, -0.25) is 0 Å². The second kappa shape index (κ2) is 9.34. The molecule has 0 N–H and O–H groups in total. The molecular formula is C29H21Cl2FN2S. The van der Waals surface area contributed by atoms with E-state index >= 15 is 0 Å². The van der Waals surface area contributed by atoms with Gasteiger partial charge in [-0.2, -0.15) is 0 Å². The molecule has 0 amide bonds. The smallest absolute Gasteiger partial charge is 0.174 e. The summed E-state index contributed by atoms with van der Waals surface area (Å²) in [7, 11) is 0. The Kier molecular flexibility index (Phi) is 6.05. The predicted octanol–water partition coefficient (Wildman–Crippen LogP) is 9.11. The van der Waals surface area contributed by atoms with Crippen molar-refractivity contribution in [3.63, 3.8) is 0 Å². The van der Waals surface area contributed by atoms with Crippen molar-refractivity contribution in [3.8, 4) is 0 Å². The Labute approximate surface area is 218 Å². The van der Waals surface area contributed by atoms with Gasteiger partial charge in [0.25, 0.3) is 0 Å². The van der Waals surface area contributed by atoms with Crippen molar-refractivity contribution in [3.05, 3.63) is 128 Å². The van der Waals surface area contributed by atoms with Crippen molar-refractivity contribution < 1.29 is 4.39 Å². The maximum atomic E-state index is 13.7. The van der Waals surface area contributed by atoms with Crippen molar-refractivity contribution in [1.29, 1.82) is 0 Å². The first-order chi connectivity index (χ1) is 17.1. The zero-order chi connectivity index (χ0) is 23.9. The third-order valence-corrected chi connectivity index (χ3v) is 7.92. The molecule has 0 aromatic heterocycles. The molecule has 0 saturated heterocycles. The van der Waals surface area contributed by atoms with E-state index in [1.807, 2.05) is 48.5 Å². The standard InChI is InChI=1S/C29H21Cl2FN2S/c30-22-10-4-18(5-11-22)16-21-2-1-3-25-27(21)33-29-34(28(25)20-6-12-23(31)13-7-20)26(17-35-29)19-8-14-24(32)15-9-19/h4-17,28H,1-3H2. The monoisotopic (exact) mass is 518 g/mol. The predicted molar refractivity (Wildman–Crippen MR) is 146 cm³/mol. The molecule has 0 spiro atoms. The van der Waals surface area contributed by atoms with Crippen LogP contribution in [0.3, 0.4) is 0 Å². The van der Waals surface area contributed by atoms with Gasteiger partial charge >= 0.3 is 0 Å². The van der Waals surface area contributed by atoms with Gasteiger partial charge in [-0.1, -0.05) is 59.2 Å². The number of hydrogen-bond acceptors (Lipinski definition) is 3. The lowest BCUT2D eigenvalue weighted by Gasteiger charge is -2.40. The van der Waals surface area contributed by atoms with Crippen LogP contribution in [-0.4, -0.2) is 10.1 Å². The maximum absolute atomic E-state index is 13.7. The summed E-state index contributed by atoms with van der Waals surface area (Å²) in [6, 6.07) is 22.7. The minimum atomic E-state index is -0.240. The first-order valence-electron chi connectivity index (χ1n) is 11.5. The highest BCUT2D eigenvalue weighted by molar-refractivity contribution is 8.16. The van der Waals surface area contributed by atoms with E-state index in [9.17, 15) is 4.39 Å². The fourth-order valence-corrected chi connectivity index (χ4v) is 6.13. The van der Waals surface area contributed by atoms with Crippen LogP contribution >= 0.6 is 35.0 Å². The highest BCUT2D eigenvalue weighted by atomic mass is 35.5. The summed E-state index contributed by atoms with van der Waals surface area (Å²) in [6.07, 6.45) is 5.24. The topological polar surface area (TPSA) is 15.6 Å². The quantitative estimate of drug-likeness (QED) is 0.343. The van der Waals surface area contributed by atoms with E-state index in [2.05, 4.69) is 28.5 Å². The van der Waals surface area contributed by atoms with Gasteiger partial charge in [-0.15, -0.1) is 0 Å². The van der Waals surface area contributed by atoms with E-state index < -0.39 is 0 Å². The number of fused-ring (bicyclic) bond motifs is 1. The SMILES string of the molecule is Fc1ccc(C2=CSC3=NC4=C(CCCC4=Cc4ccc(Cl)cc4)C(c4ccc(Cl)cc4)N23)cc1. The Bertz CT molecular complexity index is 1400. The number of nitrogens with zero attached hydrogens (tertiary/aromatic N) is 2. The molecule has 1 atom stereocenters. The number of allylic oxidation sites excluding steroid dienone is 1. The van der Waals surface area contributed by atoms with Gasteiger partial charge in [0.1, 0.15) is 5.82 Å². The minimum absolute atomic E-state index is 0.00464. The van der Waals surface area contributed by atoms with Crippen LogP contribution in [-0.2, 0) is 0 Å². The van der Waals surface area contributed by atoms with Crippen LogP contribution in [0, 0.1) is 5.82 Å². The van der Waals surface area contributed by atoms with Crippen LogP contribution < -0.4 is 0 Å². The van der Waals surface area contributed by atoms with Gasteiger partial charge in [0.15, 0.2) is 5.17 Å². The van der Waals surface area contributed by atoms with Gasteiger partial charge < -0.3 is 4.90 Å². The molecule has 2 heterocycles. The summed E-state index contributed by atoms with van der Waals surface area (Å²) in [5.74, 6) is -0.240. The molecule has 0 saturated carbocycles. The number of aliphatic imine (C=N–C) groups is 1. The second-order valence-electron chi connectivity index (χ2n) is 8.79. The Morgan fingerprint density at radius 2 is 1.57 bits per heavy atom. The molecule has 1 aliphatic carbocycles. The van der Waals surface area contributed by atoms with Gasteiger partial charge in [-0.05, 0) is 102 Å². The molecule has 6 heteroatoms. The Hall–Kier alpha value is -2.79. The Morgan fingerprint density at radius 1 is 0.886 bits per heavy atom.